The third-order valence-corrected chi connectivity index (χ3v) is 2.41. The van der Waals surface area contributed by atoms with E-state index in [2.05, 4.69) is 4.98 Å². The van der Waals surface area contributed by atoms with E-state index in [9.17, 15) is 10.1 Å². The van der Waals surface area contributed by atoms with Gasteiger partial charge < -0.3 is 0 Å². The maximum atomic E-state index is 10.5. The molecular weight excluding hydrogens is 204 g/mol. The highest BCUT2D eigenvalue weighted by Gasteiger charge is 2.06. The Kier molecular flexibility index (Phi) is 2.64. The Morgan fingerprint density at radius 3 is 2.44 bits per heavy atom. The summed E-state index contributed by atoms with van der Waals surface area (Å²) in [5, 5.41) is 10.5. The number of aromatic nitrogens is 1. The molecule has 4 nitrogen and oxygen atoms in total. The van der Waals surface area contributed by atoms with Crippen molar-refractivity contribution >= 4 is 5.69 Å². The van der Waals surface area contributed by atoms with Crippen molar-refractivity contribution in [2.75, 3.05) is 0 Å². The van der Waals surface area contributed by atoms with Crippen LogP contribution in [0.3, 0.4) is 0 Å². The van der Waals surface area contributed by atoms with Crippen LogP contribution in [-0.2, 0) is 0 Å². The predicted molar refractivity (Wildman–Crippen MR) is 61.1 cm³/mol. The van der Waals surface area contributed by atoms with Crippen molar-refractivity contribution < 1.29 is 4.92 Å². The second-order valence-electron chi connectivity index (χ2n) is 3.49. The van der Waals surface area contributed by atoms with Gasteiger partial charge in [-0.2, -0.15) is 0 Å². The summed E-state index contributed by atoms with van der Waals surface area (Å²) in [7, 11) is 0. The van der Waals surface area contributed by atoms with Gasteiger partial charge >= 0.3 is 0 Å². The number of nitrogens with zero attached hydrogens (tertiary/aromatic N) is 2. The molecule has 0 atom stereocenters. The molecule has 0 aliphatic heterocycles. The number of rotatable bonds is 2. The Hall–Kier alpha value is -2.23. The van der Waals surface area contributed by atoms with Crippen molar-refractivity contribution in [3.05, 3.63) is 58.4 Å². The summed E-state index contributed by atoms with van der Waals surface area (Å²) in [5.74, 6) is 0. The molecule has 0 radical (unpaired) electrons. The highest BCUT2D eigenvalue weighted by atomic mass is 16.6. The molecule has 2 aromatic rings. The molecule has 1 heterocycles. The second kappa shape index (κ2) is 4.10. The van der Waals surface area contributed by atoms with Gasteiger partial charge in [-0.1, -0.05) is 0 Å². The van der Waals surface area contributed by atoms with Gasteiger partial charge in [0.1, 0.15) is 0 Å². The first-order chi connectivity index (χ1) is 7.68. The fourth-order valence-corrected chi connectivity index (χ4v) is 1.56. The standard InChI is InChI=1S/C12H10N2O2/c1-9-8-13-7-6-12(9)10-2-4-11(5-3-10)14(15)16/h2-8H,1H3. The zero-order valence-electron chi connectivity index (χ0n) is 8.75. The smallest absolute Gasteiger partial charge is 0.264 e. The zero-order chi connectivity index (χ0) is 11.5. The van der Waals surface area contributed by atoms with Crippen molar-refractivity contribution in [2.24, 2.45) is 0 Å². The van der Waals surface area contributed by atoms with Crippen LogP contribution in [0.15, 0.2) is 42.7 Å². The quantitative estimate of drug-likeness (QED) is 0.570. The number of nitro groups is 1. The Morgan fingerprint density at radius 1 is 1.19 bits per heavy atom. The minimum atomic E-state index is -0.400. The minimum Gasteiger partial charge on any atom is -0.264 e. The Morgan fingerprint density at radius 2 is 1.88 bits per heavy atom. The highest BCUT2D eigenvalue weighted by molar-refractivity contribution is 5.67. The minimum absolute atomic E-state index is 0.107. The van der Waals surface area contributed by atoms with Crippen LogP contribution < -0.4 is 0 Å². The first-order valence-corrected chi connectivity index (χ1v) is 4.84. The number of aryl methyl sites for hydroxylation is 1. The summed E-state index contributed by atoms with van der Waals surface area (Å²) in [6, 6.07) is 8.42. The van der Waals surface area contributed by atoms with Gasteiger partial charge in [0.15, 0.2) is 0 Å². The predicted octanol–water partition coefficient (Wildman–Crippen LogP) is 2.97. The maximum absolute atomic E-state index is 10.5. The van der Waals surface area contributed by atoms with Gasteiger partial charge in [-0.25, -0.2) is 0 Å². The SMILES string of the molecule is Cc1cnccc1-c1ccc([N+](=O)[O-])cc1. The van der Waals surface area contributed by atoms with Gasteiger partial charge in [-0.15, -0.1) is 0 Å². The number of pyridine rings is 1. The average molecular weight is 214 g/mol. The lowest BCUT2D eigenvalue weighted by atomic mass is 10.0. The van der Waals surface area contributed by atoms with E-state index in [4.69, 9.17) is 0 Å². The lowest BCUT2D eigenvalue weighted by Gasteiger charge is -2.04. The monoisotopic (exact) mass is 214 g/mol. The van der Waals surface area contributed by atoms with Gasteiger partial charge in [-0.05, 0) is 41.8 Å². The van der Waals surface area contributed by atoms with Crippen LogP contribution in [0.1, 0.15) is 5.56 Å². The van der Waals surface area contributed by atoms with Crippen molar-refractivity contribution in [1.82, 2.24) is 4.98 Å². The molecule has 0 spiro atoms. The Bertz CT molecular complexity index is 521. The summed E-state index contributed by atoms with van der Waals surface area (Å²) in [4.78, 5) is 14.1. The number of hydrogen-bond donors (Lipinski definition) is 0. The van der Waals surface area contributed by atoms with Crippen LogP contribution in [-0.4, -0.2) is 9.91 Å². The molecular formula is C12H10N2O2. The highest BCUT2D eigenvalue weighted by Crippen LogP contribution is 2.24. The number of non-ortho nitro benzene ring substituents is 1. The molecule has 16 heavy (non-hydrogen) atoms. The molecule has 0 aliphatic rings. The summed E-state index contributed by atoms with van der Waals surface area (Å²) in [5.41, 5.74) is 3.17. The lowest BCUT2D eigenvalue weighted by molar-refractivity contribution is -0.384. The van der Waals surface area contributed by atoms with Crippen LogP contribution in [0, 0.1) is 17.0 Å². The third kappa shape index (κ3) is 1.91. The Labute approximate surface area is 92.7 Å². The van der Waals surface area contributed by atoms with E-state index in [0.717, 1.165) is 16.7 Å². The van der Waals surface area contributed by atoms with Crippen LogP contribution >= 0.6 is 0 Å². The molecule has 0 saturated heterocycles. The van der Waals surface area contributed by atoms with Crippen molar-refractivity contribution in [3.63, 3.8) is 0 Å². The van der Waals surface area contributed by atoms with Crippen LogP contribution in [0.25, 0.3) is 11.1 Å². The Balaban J connectivity index is 2.43. The largest absolute Gasteiger partial charge is 0.269 e. The molecule has 1 aromatic heterocycles. The van der Waals surface area contributed by atoms with Gasteiger partial charge in [0.25, 0.3) is 5.69 Å². The van der Waals surface area contributed by atoms with E-state index < -0.39 is 4.92 Å². The molecule has 0 unspecified atom stereocenters. The maximum Gasteiger partial charge on any atom is 0.269 e. The van der Waals surface area contributed by atoms with E-state index >= 15 is 0 Å². The van der Waals surface area contributed by atoms with E-state index in [1.165, 1.54) is 12.1 Å². The summed E-state index contributed by atoms with van der Waals surface area (Å²) in [6.45, 7) is 1.96. The molecule has 2 rings (SSSR count). The average Bonchev–Trinajstić information content (AvgIpc) is 2.30. The summed E-state index contributed by atoms with van der Waals surface area (Å²) >= 11 is 0. The van der Waals surface area contributed by atoms with E-state index in [0.29, 0.717) is 0 Å². The molecule has 1 aromatic carbocycles. The molecule has 4 heteroatoms. The number of nitro benzene ring substituents is 1. The molecule has 0 fully saturated rings. The molecule has 0 N–H and O–H groups in total. The summed E-state index contributed by atoms with van der Waals surface area (Å²) in [6.07, 6.45) is 3.49. The molecule has 80 valence electrons. The second-order valence-corrected chi connectivity index (χ2v) is 3.49. The molecule has 0 amide bonds. The third-order valence-electron chi connectivity index (χ3n) is 2.41. The van der Waals surface area contributed by atoms with Crippen molar-refractivity contribution in [2.45, 2.75) is 6.92 Å². The van der Waals surface area contributed by atoms with Crippen molar-refractivity contribution in [3.8, 4) is 11.1 Å². The molecule has 0 bridgehead atoms. The lowest BCUT2D eigenvalue weighted by Crippen LogP contribution is -1.88. The number of hydrogen-bond acceptors (Lipinski definition) is 3. The normalized spacial score (nSPS) is 10.1. The zero-order valence-corrected chi connectivity index (χ0v) is 8.75. The van der Waals surface area contributed by atoms with Gasteiger partial charge in [0.05, 0.1) is 4.92 Å². The van der Waals surface area contributed by atoms with Crippen LogP contribution in [0.2, 0.25) is 0 Å². The molecule has 0 aliphatic carbocycles. The van der Waals surface area contributed by atoms with Crippen molar-refractivity contribution in [1.29, 1.82) is 0 Å². The van der Waals surface area contributed by atoms with E-state index in [-0.39, 0.29) is 5.69 Å². The topological polar surface area (TPSA) is 56.0 Å². The number of benzene rings is 1. The van der Waals surface area contributed by atoms with E-state index in [1.807, 2.05) is 13.0 Å². The van der Waals surface area contributed by atoms with Gasteiger partial charge in [-0.3, -0.25) is 15.1 Å². The van der Waals surface area contributed by atoms with Gasteiger partial charge in [0.2, 0.25) is 0 Å². The van der Waals surface area contributed by atoms with E-state index in [1.54, 1.807) is 24.5 Å². The van der Waals surface area contributed by atoms with Crippen LogP contribution in [0.5, 0.6) is 0 Å². The first kappa shape index (κ1) is 10.3. The first-order valence-electron chi connectivity index (χ1n) is 4.84. The fourth-order valence-electron chi connectivity index (χ4n) is 1.56. The van der Waals surface area contributed by atoms with Gasteiger partial charge in [0, 0.05) is 24.5 Å². The van der Waals surface area contributed by atoms with Crippen LogP contribution in [0.4, 0.5) is 5.69 Å². The summed E-state index contributed by atoms with van der Waals surface area (Å²) < 4.78 is 0. The fraction of sp³-hybridized carbons (Fsp3) is 0.0833. The molecule has 0 saturated carbocycles.